The van der Waals surface area contributed by atoms with Gasteiger partial charge in [-0.15, -0.1) is 5.10 Å². The van der Waals surface area contributed by atoms with Gasteiger partial charge >= 0.3 is 0 Å². The molecule has 7 heteroatoms. The van der Waals surface area contributed by atoms with Gasteiger partial charge in [-0.1, -0.05) is 30.3 Å². The topological polar surface area (TPSA) is 73.1 Å². The number of aromatic nitrogens is 4. The quantitative estimate of drug-likeness (QED) is 0.831. The van der Waals surface area contributed by atoms with Crippen LogP contribution in [0.25, 0.3) is 0 Å². The Bertz CT molecular complexity index is 602. The monoisotopic (exact) mass is 301 g/mol. The Hall–Kier alpha value is -2.28. The maximum Gasteiger partial charge on any atom is 0.248 e. The first-order chi connectivity index (χ1) is 10.7. The number of carbonyl (C=O) groups excluding carboxylic acids is 1. The van der Waals surface area contributed by atoms with E-state index in [1.807, 2.05) is 42.2 Å². The fraction of sp³-hybridized carbons (Fsp3) is 0.467. The van der Waals surface area contributed by atoms with E-state index in [-0.39, 0.29) is 12.0 Å². The number of hydrogen-bond donors (Lipinski definition) is 0. The summed E-state index contributed by atoms with van der Waals surface area (Å²) in [6.07, 6.45) is 2.12. The lowest BCUT2D eigenvalue weighted by atomic mass is 10.0. The van der Waals surface area contributed by atoms with Crippen LogP contribution in [0.5, 0.6) is 0 Å². The first-order valence-corrected chi connectivity index (χ1v) is 7.41. The average Bonchev–Trinajstić information content (AvgIpc) is 3.07. The fourth-order valence-electron chi connectivity index (χ4n) is 2.67. The zero-order valence-electron chi connectivity index (χ0n) is 12.5. The molecule has 2 aromatic rings. The summed E-state index contributed by atoms with van der Waals surface area (Å²) in [4.78, 5) is 14.7. The van der Waals surface area contributed by atoms with Gasteiger partial charge in [0.25, 0.3) is 0 Å². The van der Waals surface area contributed by atoms with Crippen molar-refractivity contribution in [3.05, 3.63) is 42.2 Å². The van der Waals surface area contributed by atoms with Crippen LogP contribution in [0.2, 0.25) is 0 Å². The number of carbonyl (C=O) groups is 1. The summed E-state index contributed by atoms with van der Waals surface area (Å²) in [5, 5.41) is 11.3. The minimum atomic E-state index is -0.428. The molecule has 116 valence electrons. The molecule has 2 atom stereocenters. The lowest BCUT2D eigenvalue weighted by Crippen LogP contribution is -2.47. The molecule has 22 heavy (non-hydrogen) atoms. The predicted octanol–water partition coefficient (Wildman–Crippen LogP) is 0.704. The van der Waals surface area contributed by atoms with Crippen LogP contribution in [0.15, 0.2) is 36.7 Å². The second kappa shape index (κ2) is 6.65. The maximum absolute atomic E-state index is 12.9. The number of ether oxygens (including phenoxy) is 1. The van der Waals surface area contributed by atoms with Crippen LogP contribution < -0.4 is 0 Å². The Morgan fingerprint density at radius 2 is 2.23 bits per heavy atom. The second-order valence-corrected chi connectivity index (χ2v) is 5.46. The third kappa shape index (κ3) is 3.30. The average molecular weight is 301 g/mol. The van der Waals surface area contributed by atoms with E-state index in [0.29, 0.717) is 26.1 Å². The number of amides is 1. The summed E-state index contributed by atoms with van der Waals surface area (Å²) in [6.45, 7) is 3.76. The Morgan fingerprint density at radius 1 is 1.41 bits per heavy atom. The number of benzene rings is 1. The molecule has 1 aromatic carbocycles. The number of rotatable bonds is 4. The minimum Gasteiger partial charge on any atom is -0.375 e. The minimum absolute atomic E-state index is 0.0336. The molecule has 0 spiro atoms. The molecule has 1 amide bonds. The molecule has 2 heterocycles. The molecule has 0 radical (unpaired) electrons. The molecule has 7 nitrogen and oxygen atoms in total. The van der Waals surface area contributed by atoms with Crippen LogP contribution in [0.1, 0.15) is 18.5 Å². The number of morpholine rings is 1. The standard InChI is InChI=1S/C15H19N5O2/c1-12-10-19(7-8-22-12)15(21)14(20-11-16-17-18-20)9-13-5-3-2-4-6-13/h2-6,11-12,14H,7-10H2,1H3/t12-,14+/m0/s1. The Balaban J connectivity index is 1.80. The van der Waals surface area contributed by atoms with E-state index in [2.05, 4.69) is 15.5 Å². The summed E-state index contributed by atoms with van der Waals surface area (Å²) < 4.78 is 7.04. The Kier molecular flexibility index (Phi) is 4.43. The molecule has 1 saturated heterocycles. The van der Waals surface area contributed by atoms with Crippen molar-refractivity contribution in [2.24, 2.45) is 0 Å². The SMILES string of the molecule is C[C@H]1CN(C(=O)[C@@H](Cc2ccccc2)n2cnnn2)CCO1. The van der Waals surface area contributed by atoms with Gasteiger partial charge in [0.2, 0.25) is 5.91 Å². The third-order valence-electron chi connectivity index (χ3n) is 3.79. The summed E-state index contributed by atoms with van der Waals surface area (Å²) in [5.74, 6) is 0.0336. The van der Waals surface area contributed by atoms with Gasteiger partial charge in [-0.2, -0.15) is 0 Å². The van der Waals surface area contributed by atoms with E-state index in [1.54, 1.807) is 0 Å². The van der Waals surface area contributed by atoms with Crippen molar-refractivity contribution in [1.82, 2.24) is 25.1 Å². The van der Waals surface area contributed by atoms with Gasteiger partial charge in [-0.3, -0.25) is 4.79 Å². The molecule has 0 aliphatic carbocycles. The van der Waals surface area contributed by atoms with E-state index in [4.69, 9.17) is 4.74 Å². The van der Waals surface area contributed by atoms with Gasteiger partial charge in [0.15, 0.2) is 0 Å². The first kappa shape index (κ1) is 14.6. The van der Waals surface area contributed by atoms with Crippen LogP contribution in [-0.4, -0.2) is 56.8 Å². The normalized spacial score (nSPS) is 19.9. The number of nitrogens with zero attached hydrogens (tertiary/aromatic N) is 5. The summed E-state index contributed by atoms with van der Waals surface area (Å²) in [7, 11) is 0. The van der Waals surface area contributed by atoms with Crippen molar-refractivity contribution >= 4 is 5.91 Å². The van der Waals surface area contributed by atoms with Crippen molar-refractivity contribution in [2.75, 3.05) is 19.7 Å². The lowest BCUT2D eigenvalue weighted by molar-refractivity contribution is -0.142. The molecule has 1 fully saturated rings. The second-order valence-electron chi connectivity index (χ2n) is 5.46. The molecule has 1 aliphatic heterocycles. The lowest BCUT2D eigenvalue weighted by Gasteiger charge is -2.33. The molecule has 1 aromatic heterocycles. The fourth-order valence-corrected chi connectivity index (χ4v) is 2.67. The van der Waals surface area contributed by atoms with E-state index in [0.717, 1.165) is 5.56 Å². The molecule has 0 bridgehead atoms. The highest BCUT2D eigenvalue weighted by Crippen LogP contribution is 2.18. The van der Waals surface area contributed by atoms with Crippen LogP contribution in [0.3, 0.4) is 0 Å². The highest BCUT2D eigenvalue weighted by atomic mass is 16.5. The summed E-state index contributed by atoms with van der Waals surface area (Å²) in [6, 6.07) is 9.48. The van der Waals surface area contributed by atoms with Crippen LogP contribution in [-0.2, 0) is 16.0 Å². The maximum atomic E-state index is 12.9. The van der Waals surface area contributed by atoms with Gasteiger partial charge in [-0.25, -0.2) is 4.68 Å². The largest absolute Gasteiger partial charge is 0.375 e. The van der Waals surface area contributed by atoms with E-state index in [1.165, 1.54) is 11.0 Å². The van der Waals surface area contributed by atoms with E-state index < -0.39 is 6.04 Å². The molecule has 0 unspecified atom stereocenters. The zero-order valence-corrected chi connectivity index (χ0v) is 12.5. The van der Waals surface area contributed by atoms with Gasteiger partial charge < -0.3 is 9.64 Å². The van der Waals surface area contributed by atoms with Crippen LogP contribution in [0, 0.1) is 0 Å². The van der Waals surface area contributed by atoms with Gasteiger partial charge in [-0.05, 0) is 22.9 Å². The highest BCUT2D eigenvalue weighted by Gasteiger charge is 2.30. The number of tetrazole rings is 1. The third-order valence-corrected chi connectivity index (χ3v) is 3.79. The summed E-state index contributed by atoms with van der Waals surface area (Å²) >= 11 is 0. The van der Waals surface area contributed by atoms with Gasteiger partial charge in [0.05, 0.1) is 12.7 Å². The van der Waals surface area contributed by atoms with Gasteiger partial charge in [0, 0.05) is 19.5 Å². The zero-order chi connectivity index (χ0) is 15.4. The van der Waals surface area contributed by atoms with Crippen molar-refractivity contribution in [2.45, 2.75) is 25.5 Å². The van der Waals surface area contributed by atoms with Crippen molar-refractivity contribution < 1.29 is 9.53 Å². The van der Waals surface area contributed by atoms with Crippen LogP contribution in [0.4, 0.5) is 0 Å². The van der Waals surface area contributed by atoms with Crippen molar-refractivity contribution in [3.63, 3.8) is 0 Å². The molecular formula is C15H19N5O2. The molecule has 0 N–H and O–H groups in total. The molecule has 3 rings (SSSR count). The molecule has 1 aliphatic rings. The number of hydrogen-bond acceptors (Lipinski definition) is 5. The van der Waals surface area contributed by atoms with Crippen molar-refractivity contribution in [1.29, 1.82) is 0 Å². The van der Waals surface area contributed by atoms with Crippen LogP contribution >= 0.6 is 0 Å². The molecular weight excluding hydrogens is 282 g/mol. The highest BCUT2D eigenvalue weighted by molar-refractivity contribution is 5.80. The Morgan fingerprint density at radius 3 is 2.91 bits per heavy atom. The molecule has 0 saturated carbocycles. The smallest absolute Gasteiger partial charge is 0.248 e. The summed E-state index contributed by atoms with van der Waals surface area (Å²) in [5.41, 5.74) is 1.08. The van der Waals surface area contributed by atoms with Gasteiger partial charge in [0.1, 0.15) is 12.4 Å². The predicted molar refractivity (Wildman–Crippen MR) is 79.0 cm³/mol. The first-order valence-electron chi connectivity index (χ1n) is 7.41. The van der Waals surface area contributed by atoms with Crippen molar-refractivity contribution in [3.8, 4) is 0 Å². The van der Waals surface area contributed by atoms with E-state index in [9.17, 15) is 4.79 Å². The Labute approximate surface area is 128 Å². The van der Waals surface area contributed by atoms with E-state index >= 15 is 0 Å².